The lowest BCUT2D eigenvalue weighted by Crippen LogP contribution is -2.00. The Morgan fingerprint density at radius 2 is 0.714 bits per heavy atom. The summed E-state index contributed by atoms with van der Waals surface area (Å²) < 4.78 is 2.48. The molecule has 0 amide bonds. The molecule has 0 aliphatic heterocycles. The fraction of sp³-hybridized carbons (Fsp3) is 0. The van der Waals surface area contributed by atoms with Crippen molar-refractivity contribution in [2.24, 2.45) is 0 Å². The maximum absolute atomic E-state index is 5.12. The van der Waals surface area contributed by atoms with E-state index in [4.69, 9.17) is 15.0 Å². The topological polar surface area (TPSA) is 38.7 Å². The number of nitrogens with zero attached hydrogens (tertiary/aromatic N) is 3. The van der Waals surface area contributed by atoms with Crippen LogP contribution in [0.1, 0.15) is 0 Å². The van der Waals surface area contributed by atoms with Crippen LogP contribution in [0.25, 0.3) is 87.7 Å². The van der Waals surface area contributed by atoms with Gasteiger partial charge in [0, 0.05) is 36.9 Å². The Labute approximate surface area is 288 Å². The number of thiophene rings is 1. The highest BCUT2D eigenvalue weighted by Crippen LogP contribution is 2.42. The van der Waals surface area contributed by atoms with Crippen LogP contribution in [0.2, 0.25) is 0 Å². The lowest BCUT2D eigenvalue weighted by atomic mass is 9.97. The second-order valence-corrected chi connectivity index (χ2v) is 13.1. The number of rotatable bonds is 6. The minimum absolute atomic E-state index is 0.646. The first kappa shape index (κ1) is 29.0. The Bertz CT molecular complexity index is 2560. The van der Waals surface area contributed by atoms with Crippen molar-refractivity contribution in [2.45, 2.75) is 0 Å². The molecule has 0 bridgehead atoms. The second-order valence-electron chi connectivity index (χ2n) is 12.1. The lowest BCUT2D eigenvalue weighted by Gasteiger charge is -2.11. The summed E-state index contributed by atoms with van der Waals surface area (Å²) in [7, 11) is 0. The first-order chi connectivity index (χ1) is 24.3. The molecule has 2 aromatic heterocycles. The van der Waals surface area contributed by atoms with Gasteiger partial charge in [0.2, 0.25) is 0 Å². The molecule has 7 aromatic carbocycles. The highest BCUT2D eigenvalue weighted by molar-refractivity contribution is 7.26. The number of aromatic nitrogens is 3. The van der Waals surface area contributed by atoms with E-state index in [1.807, 2.05) is 35.6 Å². The van der Waals surface area contributed by atoms with E-state index < -0.39 is 0 Å². The Kier molecular flexibility index (Phi) is 7.34. The van der Waals surface area contributed by atoms with Crippen molar-refractivity contribution in [1.29, 1.82) is 0 Å². The Morgan fingerprint density at radius 3 is 1.29 bits per heavy atom. The molecule has 3 nitrogen and oxygen atoms in total. The van der Waals surface area contributed by atoms with E-state index in [1.165, 1.54) is 42.4 Å². The summed E-state index contributed by atoms with van der Waals surface area (Å²) in [5.41, 5.74) is 9.93. The minimum Gasteiger partial charge on any atom is -0.208 e. The molecule has 4 heteroatoms. The van der Waals surface area contributed by atoms with E-state index in [2.05, 4.69) is 152 Å². The fourth-order valence-electron chi connectivity index (χ4n) is 6.48. The third kappa shape index (κ3) is 5.58. The monoisotopic (exact) mass is 643 g/mol. The van der Waals surface area contributed by atoms with Gasteiger partial charge in [0.15, 0.2) is 17.5 Å². The van der Waals surface area contributed by atoms with Gasteiger partial charge in [-0.3, -0.25) is 0 Å². The van der Waals surface area contributed by atoms with E-state index in [9.17, 15) is 0 Å². The van der Waals surface area contributed by atoms with Crippen LogP contribution < -0.4 is 0 Å². The molecule has 0 N–H and O–H groups in total. The predicted molar refractivity (Wildman–Crippen MR) is 205 cm³/mol. The van der Waals surface area contributed by atoms with Gasteiger partial charge in [-0.15, -0.1) is 11.3 Å². The zero-order chi connectivity index (χ0) is 32.6. The number of hydrogen-bond donors (Lipinski definition) is 0. The van der Waals surface area contributed by atoms with E-state index in [1.54, 1.807) is 0 Å². The van der Waals surface area contributed by atoms with Crippen LogP contribution in [0.3, 0.4) is 0 Å². The van der Waals surface area contributed by atoms with Gasteiger partial charge in [0.1, 0.15) is 0 Å². The van der Waals surface area contributed by atoms with Crippen molar-refractivity contribution >= 4 is 31.5 Å². The standard InChI is InChI=1S/C45H29N3S/c1-4-12-30(13-5-1)31-20-22-32(23-21-31)33-24-26-36(27-25-33)44-46-43(35-16-8-3-9-17-35)47-45(48-44)37-28-39(34-14-6-2-7-15-34)42-38-18-10-11-19-40(38)49-41(42)29-37/h1-29H. The van der Waals surface area contributed by atoms with Crippen LogP contribution in [-0.2, 0) is 0 Å². The van der Waals surface area contributed by atoms with Gasteiger partial charge in [-0.2, -0.15) is 0 Å². The first-order valence-electron chi connectivity index (χ1n) is 16.4. The minimum atomic E-state index is 0.646. The van der Waals surface area contributed by atoms with Crippen LogP contribution >= 0.6 is 11.3 Å². The van der Waals surface area contributed by atoms with Gasteiger partial charge in [-0.1, -0.05) is 158 Å². The van der Waals surface area contributed by atoms with Crippen molar-refractivity contribution in [1.82, 2.24) is 15.0 Å². The molecule has 230 valence electrons. The summed E-state index contributed by atoms with van der Waals surface area (Å²) >= 11 is 1.81. The highest BCUT2D eigenvalue weighted by atomic mass is 32.1. The average molecular weight is 644 g/mol. The zero-order valence-corrected chi connectivity index (χ0v) is 27.3. The second kappa shape index (κ2) is 12.4. The summed E-state index contributed by atoms with van der Waals surface area (Å²) in [6.07, 6.45) is 0. The van der Waals surface area contributed by atoms with E-state index >= 15 is 0 Å². The molecule has 49 heavy (non-hydrogen) atoms. The highest BCUT2D eigenvalue weighted by Gasteiger charge is 2.17. The van der Waals surface area contributed by atoms with Crippen molar-refractivity contribution < 1.29 is 0 Å². The number of fused-ring (bicyclic) bond motifs is 3. The molecule has 0 unspecified atom stereocenters. The fourth-order valence-corrected chi connectivity index (χ4v) is 7.65. The average Bonchev–Trinajstić information content (AvgIpc) is 3.57. The zero-order valence-electron chi connectivity index (χ0n) is 26.5. The molecular formula is C45H29N3S. The molecule has 9 aromatic rings. The summed E-state index contributed by atoms with van der Waals surface area (Å²) in [5.74, 6) is 1.95. The maximum Gasteiger partial charge on any atom is 0.164 e. The quantitative estimate of drug-likeness (QED) is 0.181. The molecular weight excluding hydrogens is 615 g/mol. The van der Waals surface area contributed by atoms with Crippen molar-refractivity contribution in [3.05, 3.63) is 176 Å². The van der Waals surface area contributed by atoms with Gasteiger partial charge in [0.25, 0.3) is 0 Å². The molecule has 2 heterocycles. The SMILES string of the molecule is c1ccc(-c2ccc(-c3ccc(-c4nc(-c5ccccc5)nc(-c5cc(-c6ccccc6)c6c(c5)sc5ccccc56)n4)cc3)cc2)cc1. The van der Waals surface area contributed by atoms with Crippen LogP contribution in [0.5, 0.6) is 0 Å². The summed E-state index contributed by atoms with van der Waals surface area (Å²) in [4.78, 5) is 15.2. The van der Waals surface area contributed by atoms with Crippen molar-refractivity contribution in [2.75, 3.05) is 0 Å². The largest absolute Gasteiger partial charge is 0.208 e. The molecule has 0 saturated carbocycles. The van der Waals surface area contributed by atoms with E-state index in [0.29, 0.717) is 17.5 Å². The summed E-state index contributed by atoms with van der Waals surface area (Å²) in [6, 6.07) is 61.6. The maximum atomic E-state index is 5.12. The predicted octanol–water partition coefficient (Wildman–Crippen LogP) is 12.2. The van der Waals surface area contributed by atoms with Gasteiger partial charge in [-0.05, 0) is 51.6 Å². The number of benzene rings is 7. The van der Waals surface area contributed by atoms with Crippen molar-refractivity contribution in [3.63, 3.8) is 0 Å². The molecule has 0 aliphatic rings. The van der Waals surface area contributed by atoms with E-state index in [-0.39, 0.29) is 0 Å². The molecule has 9 rings (SSSR count). The summed E-state index contributed by atoms with van der Waals surface area (Å²) in [6.45, 7) is 0. The van der Waals surface area contributed by atoms with E-state index in [0.717, 1.165) is 27.8 Å². The van der Waals surface area contributed by atoms with Gasteiger partial charge >= 0.3 is 0 Å². The Balaban J connectivity index is 1.16. The molecule has 0 saturated heterocycles. The smallest absolute Gasteiger partial charge is 0.164 e. The molecule has 0 fully saturated rings. The van der Waals surface area contributed by atoms with Gasteiger partial charge < -0.3 is 0 Å². The normalized spacial score (nSPS) is 11.3. The molecule has 0 aliphatic carbocycles. The third-order valence-electron chi connectivity index (χ3n) is 8.96. The van der Waals surface area contributed by atoms with Crippen LogP contribution in [0.4, 0.5) is 0 Å². The van der Waals surface area contributed by atoms with Crippen LogP contribution in [-0.4, -0.2) is 15.0 Å². The Hall–Kier alpha value is -6.23. The molecule has 0 atom stereocenters. The third-order valence-corrected chi connectivity index (χ3v) is 10.1. The van der Waals surface area contributed by atoms with Crippen LogP contribution in [0, 0.1) is 0 Å². The van der Waals surface area contributed by atoms with Crippen molar-refractivity contribution in [3.8, 4) is 67.5 Å². The van der Waals surface area contributed by atoms with Crippen LogP contribution in [0.15, 0.2) is 176 Å². The summed E-state index contributed by atoms with van der Waals surface area (Å²) in [5, 5.41) is 2.53. The Morgan fingerprint density at radius 1 is 0.306 bits per heavy atom. The molecule has 0 radical (unpaired) electrons. The molecule has 0 spiro atoms. The van der Waals surface area contributed by atoms with Gasteiger partial charge in [-0.25, -0.2) is 15.0 Å². The first-order valence-corrected chi connectivity index (χ1v) is 17.2. The lowest BCUT2D eigenvalue weighted by molar-refractivity contribution is 1.07. The number of hydrogen-bond acceptors (Lipinski definition) is 4. The van der Waals surface area contributed by atoms with Gasteiger partial charge in [0.05, 0.1) is 0 Å².